The number of hydrogen-bond donors (Lipinski definition) is 1. The number of ketones is 1. The number of nitrogens with one attached hydrogen (secondary N) is 1. The normalized spacial score (nSPS) is 13.9. The molecule has 7 heteroatoms. The van der Waals surface area contributed by atoms with Crippen molar-refractivity contribution in [2.75, 3.05) is 32.5 Å². The molecule has 2 rings (SSSR count). The number of ether oxygens (including phenoxy) is 2. The Kier molecular flexibility index (Phi) is 6.29. The Labute approximate surface area is 140 Å². The van der Waals surface area contributed by atoms with Gasteiger partial charge in [-0.05, 0) is 38.4 Å². The third kappa shape index (κ3) is 4.62. The number of carbonyl (C=O) groups is 2. The molecule has 1 aliphatic rings. The number of likely N-dealkylation sites (N-methyl/N-ethyl adjacent to an activating group) is 1. The summed E-state index contributed by atoms with van der Waals surface area (Å²) < 4.78 is 10.5. The second-order valence-electron chi connectivity index (χ2n) is 5.37. The summed E-state index contributed by atoms with van der Waals surface area (Å²) in [5, 5.41) is 2.82. The first-order chi connectivity index (χ1) is 11.0. The van der Waals surface area contributed by atoms with E-state index in [0.29, 0.717) is 30.2 Å². The molecule has 0 bridgehead atoms. The summed E-state index contributed by atoms with van der Waals surface area (Å²) in [5.74, 6) is 2.01. The quantitative estimate of drug-likeness (QED) is 0.575. The Hall–Kier alpha value is -1.73. The van der Waals surface area contributed by atoms with Gasteiger partial charge in [0.25, 0.3) is 0 Å². The van der Waals surface area contributed by atoms with Crippen molar-refractivity contribution in [2.24, 2.45) is 0 Å². The first-order valence-electron chi connectivity index (χ1n) is 7.42. The van der Waals surface area contributed by atoms with Gasteiger partial charge in [0.05, 0.1) is 12.7 Å². The molecule has 6 nitrogen and oxygen atoms in total. The van der Waals surface area contributed by atoms with Crippen molar-refractivity contribution in [3.63, 3.8) is 0 Å². The molecule has 0 radical (unpaired) electrons. The highest BCUT2D eigenvalue weighted by atomic mass is 32.2. The second kappa shape index (κ2) is 8.21. The molecule has 0 spiro atoms. The zero-order valence-electron chi connectivity index (χ0n) is 13.6. The minimum absolute atomic E-state index is 0.00562. The van der Waals surface area contributed by atoms with E-state index in [0.717, 1.165) is 5.75 Å². The van der Waals surface area contributed by atoms with Gasteiger partial charge < -0.3 is 14.8 Å². The molecule has 1 unspecified atom stereocenters. The number of nitrogens with zero attached hydrogens (tertiary/aromatic N) is 1. The number of thioether (sulfide) groups is 1. The van der Waals surface area contributed by atoms with E-state index in [4.69, 9.17) is 9.47 Å². The molecule has 1 atom stereocenters. The lowest BCUT2D eigenvalue weighted by molar-refractivity contribution is -0.121. The van der Waals surface area contributed by atoms with Crippen LogP contribution in [0.5, 0.6) is 11.5 Å². The van der Waals surface area contributed by atoms with Gasteiger partial charge in [0.2, 0.25) is 12.7 Å². The summed E-state index contributed by atoms with van der Waals surface area (Å²) in [7, 11) is 1.81. The van der Waals surface area contributed by atoms with E-state index in [1.54, 1.807) is 30.0 Å². The Morgan fingerprint density at radius 3 is 2.83 bits per heavy atom. The Bertz CT molecular complexity index is 579. The summed E-state index contributed by atoms with van der Waals surface area (Å²) in [5.41, 5.74) is 0.572. The Morgan fingerprint density at radius 2 is 2.09 bits per heavy atom. The Morgan fingerprint density at radius 1 is 1.35 bits per heavy atom. The third-order valence-electron chi connectivity index (χ3n) is 3.76. The average molecular weight is 338 g/mol. The minimum Gasteiger partial charge on any atom is -0.454 e. The number of hydrogen-bond acceptors (Lipinski definition) is 6. The number of benzene rings is 1. The van der Waals surface area contributed by atoms with Crippen molar-refractivity contribution < 1.29 is 19.1 Å². The largest absolute Gasteiger partial charge is 0.454 e. The molecule has 0 aromatic heterocycles. The maximum Gasteiger partial charge on any atom is 0.231 e. The molecule has 23 heavy (non-hydrogen) atoms. The van der Waals surface area contributed by atoms with Gasteiger partial charge in [0.1, 0.15) is 0 Å². The molecule has 1 aliphatic heterocycles. The van der Waals surface area contributed by atoms with Crippen LogP contribution in [0.15, 0.2) is 18.2 Å². The van der Waals surface area contributed by atoms with Gasteiger partial charge in [-0.1, -0.05) is 0 Å². The molecule has 1 amide bonds. The summed E-state index contributed by atoms with van der Waals surface area (Å²) in [6.45, 7) is 2.34. The molecule has 0 saturated carbocycles. The zero-order chi connectivity index (χ0) is 16.8. The van der Waals surface area contributed by atoms with Crippen LogP contribution >= 0.6 is 11.8 Å². The molecule has 1 aromatic rings. The lowest BCUT2D eigenvalue weighted by Gasteiger charge is -2.24. The molecule has 1 aromatic carbocycles. The van der Waals surface area contributed by atoms with E-state index in [9.17, 15) is 9.59 Å². The standard InChI is InChI=1S/C16H22N2O4S/c1-11(18(2)9-17-15(19)6-7-23-3)16(20)12-4-5-13-14(8-12)22-10-21-13/h4-5,8,11H,6-7,9-10H2,1-3H3,(H,17,19). The highest BCUT2D eigenvalue weighted by molar-refractivity contribution is 7.98. The number of rotatable bonds is 8. The zero-order valence-corrected chi connectivity index (χ0v) is 14.4. The SMILES string of the molecule is CSCCC(=O)NCN(C)C(C)C(=O)c1ccc2c(c1)OCO2. The second-order valence-corrected chi connectivity index (χ2v) is 6.35. The van der Waals surface area contributed by atoms with E-state index in [1.165, 1.54) is 0 Å². The smallest absolute Gasteiger partial charge is 0.231 e. The minimum atomic E-state index is -0.351. The number of amides is 1. The van der Waals surface area contributed by atoms with Crippen LogP contribution in [0, 0.1) is 0 Å². The molecule has 1 heterocycles. The van der Waals surface area contributed by atoms with Crippen LogP contribution in [0.4, 0.5) is 0 Å². The maximum atomic E-state index is 12.5. The molecule has 126 valence electrons. The van der Waals surface area contributed by atoms with Gasteiger partial charge in [-0.3, -0.25) is 14.5 Å². The van der Waals surface area contributed by atoms with Gasteiger partial charge in [-0.15, -0.1) is 0 Å². The van der Waals surface area contributed by atoms with E-state index in [-0.39, 0.29) is 24.5 Å². The fourth-order valence-electron chi connectivity index (χ4n) is 2.12. The monoisotopic (exact) mass is 338 g/mol. The van der Waals surface area contributed by atoms with Gasteiger partial charge in [-0.2, -0.15) is 11.8 Å². The average Bonchev–Trinajstić information content (AvgIpc) is 3.03. The Balaban J connectivity index is 1.89. The van der Waals surface area contributed by atoms with Crippen LogP contribution in [0.25, 0.3) is 0 Å². The van der Waals surface area contributed by atoms with Crippen molar-refractivity contribution in [3.8, 4) is 11.5 Å². The lowest BCUT2D eigenvalue weighted by Crippen LogP contribution is -2.43. The van der Waals surface area contributed by atoms with Crippen molar-refractivity contribution in [1.29, 1.82) is 0 Å². The molecule has 0 saturated heterocycles. The van der Waals surface area contributed by atoms with Crippen molar-refractivity contribution in [2.45, 2.75) is 19.4 Å². The molecule has 0 aliphatic carbocycles. The highest BCUT2D eigenvalue weighted by Gasteiger charge is 2.22. The van der Waals surface area contributed by atoms with E-state index < -0.39 is 0 Å². The summed E-state index contributed by atoms with van der Waals surface area (Å²) in [4.78, 5) is 26.0. The van der Waals surface area contributed by atoms with Crippen molar-refractivity contribution >= 4 is 23.5 Å². The van der Waals surface area contributed by atoms with E-state index in [2.05, 4.69) is 5.32 Å². The number of carbonyl (C=O) groups excluding carboxylic acids is 2. The number of Topliss-reactive ketones (excluding diaryl/α,β-unsaturated/α-hetero) is 1. The summed E-state index contributed by atoms with van der Waals surface area (Å²) in [6, 6.07) is 4.83. The molecule has 0 fully saturated rings. The van der Waals surface area contributed by atoms with E-state index >= 15 is 0 Å². The van der Waals surface area contributed by atoms with Gasteiger partial charge >= 0.3 is 0 Å². The van der Waals surface area contributed by atoms with Crippen LogP contribution in [-0.4, -0.2) is 55.2 Å². The van der Waals surface area contributed by atoms with Crippen LogP contribution in [0.3, 0.4) is 0 Å². The first-order valence-corrected chi connectivity index (χ1v) is 8.82. The van der Waals surface area contributed by atoms with Crippen molar-refractivity contribution in [3.05, 3.63) is 23.8 Å². The summed E-state index contributed by atoms with van der Waals surface area (Å²) in [6.07, 6.45) is 2.45. The van der Waals surface area contributed by atoms with Crippen LogP contribution in [0.2, 0.25) is 0 Å². The fourth-order valence-corrected chi connectivity index (χ4v) is 2.51. The van der Waals surface area contributed by atoms with Crippen LogP contribution < -0.4 is 14.8 Å². The molecular formula is C16H22N2O4S. The molecule has 1 N–H and O–H groups in total. The highest BCUT2D eigenvalue weighted by Crippen LogP contribution is 2.32. The predicted molar refractivity (Wildman–Crippen MR) is 90.1 cm³/mol. The summed E-state index contributed by atoms with van der Waals surface area (Å²) >= 11 is 1.63. The van der Waals surface area contributed by atoms with Crippen LogP contribution in [0.1, 0.15) is 23.7 Å². The fraction of sp³-hybridized carbons (Fsp3) is 0.500. The van der Waals surface area contributed by atoms with E-state index in [1.807, 2.05) is 25.1 Å². The predicted octanol–water partition coefficient (Wildman–Crippen LogP) is 1.75. The van der Waals surface area contributed by atoms with Gasteiger partial charge in [-0.25, -0.2) is 0 Å². The lowest BCUT2D eigenvalue weighted by atomic mass is 10.0. The molecular weight excluding hydrogens is 316 g/mol. The first kappa shape index (κ1) is 17.6. The van der Waals surface area contributed by atoms with Crippen molar-refractivity contribution in [1.82, 2.24) is 10.2 Å². The third-order valence-corrected chi connectivity index (χ3v) is 4.37. The van der Waals surface area contributed by atoms with Gasteiger partial charge in [0, 0.05) is 17.7 Å². The van der Waals surface area contributed by atoms with Gasteiger partial charge in [0.15, 0.2) is 17.3 Å². The topological polar surface area (TPSA) is 67.9 Å². The number of fused-ring (bicyclic) bond motifs is 1. The van der Waals surface area contributed by atoms with Crippen LogP contribution in [-0.2, 0) is 4.79 Å². The maximum absolute atomic E-state index is 12.5.